The SMILES string of the molecule is Cc1cc(C)c(NC(=O)CC(=O)NCCc2ccc(F)cc2)c(C)c1. The first-order chi connectivity index (χ1) is 11.8. The molecule has 2 N–H and O–H groups in total. The van der Waals surface area contributed by atoms with Gasteiger partial charge in [-0.2, -0.15) is 0 Å². The largest absolute Gasteiger partial charge is 0.355 e. The summed E-state index contributed by atoms with van der Waals surface area (Å²) in [6, 6.07) is 10.1. The second-order valence-electron chi connectivity index (χ2n) is 6.23. The van der Waals surface area contributed by atoms with Gasteiger partial charge < -0.3 is 10.6 Å². The van der Waals surface area contributed by atoms with E-state index in [2.05, 4.69) is 10.6 Å². The molecule has 132 valence electrons. The monoisotopic (exact) mass is 342 g/mol. The Morgan fingerprint density at radius 2 is 1.56 bits per heavy atom. The van der Waals surface area contributed by atoms with Gasteiger partial charge in [0, 0.05) is 12.2 Å². The van der Waals surface area contributed by atoms with Gasteiger partial charge in [0.2, 0.25) is 11.8 Å². The third-order valence-electron chi connectivity index (χ3n) is 3.91. The first-order valence-electron chi connectivity index (χ1n) is 8.24. The zero-order valence-electron chi connectivity index (χ0n) is 14.8. The lowest BCUT2D eigenvalue weighted by molar-refractivity contribution is -0.126. The van der Waals surface area contributed by atoms with Crippen LogP contribution in [-0.2, 0) is 16.0 Å². The van der Waals surface area contributed by atoms with E-state index >= 15 is 0 Å². The summed E-state index contributed by atoms with van der Waals surface area (Å²) in [5.41, 5.74) is 4.77. The minimum Gasteiger partial charge on any atom is -0.355 e. The molecule has 25 heavy (non-hydrogen) atoms. The number of halogens is 1. The van der Waals surface area contributed by atoms with Gasteiger partial charge in [-0.25, -0.2) is 4.39 Å². The van der Waals surface area contributed by atoms with E-state index < -0.39 is 0 Å². The lowest BCUT2D eigenvalue weighted by atomic mass is 10.0. The van der Waals surface area contributed by atoms with Gasteiger partial charge in [-0.1, -0.05) is 29.8 Å². The Morgan fingerprint density at radius 3 is 2.16 bits per heavy atom. The van der Waals surface area contributed by atoms with E-state index in [-0.39, 0.29) is 24.1 Å². The van der Waals surface area contributed by atoms with Crippen LogP contribution in [0.4, 0.5) is 10.1 Å². The molecule has 0 spiro atoms. The Bertz CT molecular complexity index is 747. The zero-order chi connectivity index (χ0) is 18.4. The Kier molecular flexibility index (Phi) is 6.28. The van der Waals surface area contributed by atoms with Crippen LogP contribution in [-0.4, -0.2) is 18.4 Å². The number of amides is 2. The molecule has 0 aliphatic rings. The fourth-order valence-corrected chi connectivity index (χ4v) is 2.77. The zero-order valence-corrected chi connectivity index (χ0v) is 14.8. The average molecular weight is 342 g/mol. The van der Waals surface area contributed by atoms with Gasteiger partial charge in [-0.05, 0) is 56.0 Å². The van der Waals surface area contributed by atoms with Crippen LogP contribution in [0.15, 0.2) is 36.4 Å². The van der Waals surface area contributed by atoms with Crippen molar-refractivity contribution >= 4 is 17.5 Å². The number of carbonyl (C=O) groups excluding carboxylic acids is 2. The Balaban J connectivity index is 1.80. The number of carbonyl (C=O) groups is 2. The first kappa shape index (κ1) is 18.6. The van der Waals surface area contributed by atoms with Crippen LogP contribution >= 0.6 is 0 Å². The summed E-state index contributed by atoms with van der Waals surface area (Å²) in [6.45, 7) is 6.26. The number of rotatable bonds is 6. The van der Waals surface area contributed by atoms with E-state index in [1.54, 1.807) is 12.1 Å². The van der Waals surface area contributed by atoms with Gasteiger partial charge in [0.15, 0.2) is 0 Å². The molecule has 2 aromatic carbocycles. The Hall–Kier alpha value is -2.69. The van der Waals surface area contributed by atoms with Crippen molar-refractivity contribution in [3.05, 3.63) is 64.5 Å². The lowest BCUT2D eigenvalue weighted by Crippen LogP contribution is -2.30. The van der Waals surface area contributed by atoms with Crippen molar-refractivity contribution in [3.8, 4) is 0 Å². The number of hydrogen-bond acceptors (Lipinski definition) is 2. The molecule has 0 saturated heterocycles. The van der Waals surface area contributed by atoms with Crippen LogP contribution < -0.4 is 10.6 Å². The number of anilines is 1. The molecule has 0 atom stereocenters. The Labute approximate surface area is 147 Å². The maximum absolute atomic E-state index is 12.8. The molecule has 0 aromatic heterocycles. The van der Waals surface area contributed by atoms with E-state index in [0.717, 1.165) is 27.9 Å². The van der Waals surface area contributed by atoms with Crippen molar-refractivity contribution in [2.75, 3.05) is 11.9 Å². The summed E-state index contributed by atoms with van der Waals surface area (Å²) < 4.78 is 12.8. The molecule has 0 bridgehead atoms. The minimum absolute atomic E-state index is 0.226. The highest BCUT2D eigenvalue weighted by Crippen LogP contribution is 2.21. The van der Waals surface area contributed by atoms with E-state index in [0.29, 0.717) is 13.0 Å². The molecule has 0 unspecified atom stereocenters. The summed E-state index contributed by atoms with van der Waals surface area (Å²) in [4.78, 5) is 23.9. The molecule has 0 saturated carbocycles. The van der Waals surface area contributed by atoms with Crippen LogP contribution in [0.3, 0.4) is 0 Å². The number of aryl methyl sites for hydroxylation is 3. The first-order valence-corrected chi connectivity index (χ1v) is 8.24. The number of nitrogens with one attached hydrogen (secondary N) is 2. The quantitative estimate of drug-likeness (QED) is 0.790. The lowest BCUT2D eigenvalue weighted by Gasteiger charge is -2.13. The van der Waals surface area contributed by atoms with Gasteiger partial charge in [0.05, 0.1) is 0 Å². The maximum atomic E-state index is 12.8. The van der Waals surface area contributed by atoms with Crippen molar-refractivity contribution in [3.63, 3.8) is 0 Å². The molecule has 0 aliphatic heterocycles. The van der Waals surface area contributed by atoms with E-state index in [1.165, 1.54) is 12.1 Å². The number of hydrogen-bond donors (Lipinski definition) is 2. The van der Waals surface area contributed by atoms with Crippen molar-refractivity contribution in [1.82, 2.24) is 5.32 Å². The highest BCUT2D eigenvalue weighted by molar-refractivity contribution is 6.04. The predicted molar refractivity (Wildman–Crippen MR) is 97.0 cm³/mol. The summed E-state index contributed by atoms with van der Waals surface area (Å²) in [6.07, 6.45) is 0.361. The normalized spacial score (nSPS) is 10.4. The topological polar surface area (TPSA) is 58.2 Å². The molecule has 0 fully saturated rings. The predicted octanol–water partition coefficient (Wildman–Crippen LogP) is 3.44. The third kappa shape index (κ3) is 5.71. The van der Waals surface area contributed by atoms with Gasteiger partial charge in [0.1, 0.15) is 12.2 Å². The Morgan fingerprint density at radius 1 is 0.960 bits per heavy atom. The van der Waals surface area contributed by atoms with Crippen LogP contribution in [0.2, 0.25) is 0 Å². The van der Waals surface area contributed by atoms with Crippen LogP contribution in [0.1, 0.15) is 28.7 Å². The van der Waals surface area contributed by atoms with Gasteiger partial charge in [-0.3, -0.25) is 9.59 Å². The van der Waals surface area contributed by atoms with Crippen LogP contribution in [0.25, 0.3) is 0 Å². The van der Waals surface area contributed by atoms with E-state index in [9.17, 15) is 14.0 Å². The molecule has 0 radical (unpaired) electrons. The molecule has 2 rings (SSSR count). The molecule has 2 amide bonds. The van der Waals surface area contributed by atoms with Gasteiger partial charge in [0.25, 0.3) is 0 Å². The van der Waals surface area contributed by atoms with E-state index in [1.807, 2.05) is 32.9 Å². The van der Waals surface area contributed by atoms with Gasteiger partial charge in [-0.15, -0.1) is 0 Å². The molecule has 2 aromatic rings. The summed E-state index contributed by atoms with van der Waals surface area (Å²) in [7, 11) is 0. The summed E-state index contributed by atoms with van der Waals surface area (Å²) in [5, 5.41) is 5.52. The molecule has 0 aliphatic carbocycles. The second-order valence-corrected chi connectivity index (χ2v) is 6.23. The van der Waals surface area contributed by atoms with Crippen molar-refractivity contribution < 1.29 is 14.0 Å². The summed E-state index contributed by atoms with van der Waals surface area (Å²) >= 11 is 0. The highest BCUT2D eigenvalue weighted by atomic mass is 19.1. The molecule has 4 nitrogen and oxygen atoms in total. The van der Waals surface area contributed by atoms with Crippen molar-refractivity contribution in [1.29, 1.82) is 0 Å². The highest BCUT2D eigenvalue weighted by Gasteiger charge is 2.12. The maximum Gasteiger partial charge on any atom is 0.233 e. The smallest absolute Gasteiger partial charge is 0.233 e. The van der Waals surface area contributed by atoms with Crippen LogP contribution in [0, 0.1) is 26.6 Å². The van der Waals surface area contributed by atoms with Gasteiger partial charge >= 0.3 is 0 Å². The van der Waals surface area contributed by atoms with Crippen LogP contribution in [0.5, 0.6) is 0 Å². The summed E-state index contributed by atoms with van der Waals surface area (Å²) in [5.74, 6) is -0.956. The van der Waals surface area contributed by atoms with Crippen molar-refractivity contribution in [2.45, 2.75) is 33.6 Å². The van der Waals surface area contributed by atoms with E-state index in [4.69, 9.17) is 0 Å². The molecular weight excluding hydrogens is 319 g/mol. The minimum atomic E-state index is -0.339. The molecular formula is C20H23FN2O2. The molecule has 5 heteroatoms. The molecule has 0 heterocycles. The van der Waals surface area contributed by atoms with Crippen molar-refractivity contribution in [2.24, 2.45) is 0 Å². The fraction of sp³-hybridized carbons (Fsp3) is 0.300. The average Bonchev–Trinajstić information content (AvgIpc) is 2.52. The number of benzene rings is 2. The second kappa shape index (κ2) is 8.42. The standard InChI is InChI=1S/C20H23FN2O2/c1-13-10-14(2)20(15(3)11-13)23-19(25)12-18(24)22-9-8-16-4-6-17(21)7-5-16/h4-7,10-11H,8-9,12H2,1-3H3,(H,22,24)(H,23,25). The fourth-order valence-electron chi connectivity index (χ4n) is 2.77. The third-order valence-corrected chi connectivity index (χ3v) is 3.91.